The lowest BCUT2D eigenvalue weighted by Gasteiger charge is -2.28. The number of benzene rings is 1. The molecule has 2 aliphatic rings. The summed E-state index contributed by atoms with van der Waals surface area (Å²) >= 11 is 0. The number of nitrogens with zero attached hydrogens (tertiary/aromatic N) is 6. The molecule has 1 saturated heterocycles. The van der Waals surface area contributed by atoms with Gasteiger partial charge in [-0.1, -0.05) is 31.2 Å². The van der Waals surface area contributed by atoms with Gasteiger partial charge in [0.1, 0.15) is 23.4 Å². The summed E-state index contributed by atoms with van der Waals surface area (Å²) in [4.78, 5) is 10.9. The molecule has 210 valence electrons. The van der Waals surface area contributed by atoms with Crippen LogP contribution in [0.25, 0.3) is 0 Å². The van der Waals surface area contributed by atoms with Gasteiger partial charge < -0.3 is 24.5 Å². The Hall–Kier alpha value is -3.47. The lowest BCUT2D eigenvalue weighted by Crippen LogP contribution is -2.40. The van der Waals surface area contributed by atoms with E-state index < -0.39 is 6.09 Å². The van der Waals surface area contributed by atoms with Crippen molar-refractivity contribution in [1.29, 1.82) is 0 Å². The minimum Gasteiger partial charge on any atom is -0.483 e. The van der Waals surface area contributed by atoms with Crippen molar-refractivity contribution in [2.75, 3.05) is 6.61 Å². The molecule has 1 aliphatic heterocycles. The van der Waals surface area contributed by atoms with Gasteiger partial charge in [0.15, 0.2) is 11.9 Å². The van der Waals surface area contributed by atoms with Crippen molar-refractivity contribution in [3.63, 3.8) is 0 Å². The molecule has 3 heterocycles. The molecular weight excluding hydrogens is 498 g/mol. The molecule has 1 unspecified atom stereocenters. The summed E-state index contributed by atoms with van der Waals surface area (Å²) in [5.74, 6) is 3.47. The number of hydrogen-bond donors (Lipinski definition) is 2. The molecule has 2 N–H and O–H groups in total. The zero-order valence-electron chi connectivity index (χ0n) is 23.2. The molecule has 0 spiro atoms. The number of carboxylic acid groups (broad SMARTS) is 1. The van der Waals surface area contributed by atoms with Gasteiger partial charge in [0.25, 0.3) is 0 Å². The number of aromatic nitrogens is 6. The number of ether oxygens (including phenoxy) is 2. The van der Waals surface area contributed by atoms with Crippen LogP contribution < -0.4 is 10.1 Å². The molecule has 1 saturated carbocycles. The summed E-state index contributed by atoms with van der Waals surface area (Å²) in [5.41, 5.74) is 2.07. The number of rotatable bonds is 8. The lowest BCUT2D eigenvalue weighted by molar-refractivity contribution is -0.00547. The van der Waals surface area contributed by atoms with Crippen molar-refractivity contribution >= 4 is 6.09 Å². The molecule has 39 heavy (non-hydrogen) atoms. The van der Waals surface area contributed by atoms with Crippen molar-refractivity contribution in [3.05, 3.63) is 53.4 Å². The lowest BCUT2D eigenvalue weighted by atomic mass is 9.85. The van der Waals surface area contributed by atoms with Gasteiger partial charge in [-0.25, -0.2) is 9.48 Å². The number of carbonyl (C=O) groups is 1. The van der Waals surface area contributed by atoms with Gasteiger partial charge in [0.05, 0.1) is 24.9 Å². The van der Waals surface area contributed by atoms with Crippen LogP contribution in [0.5, 0.6) is 5.75 Å². The molecule has 1 amide bonds. The highest BCUT2D eigenvalue weighted by Crippen LogP contribution is 2.38. The predicted octanol–water partition coefficient (Wildman–Crippen LogP) is 5.06. The molecule has 11 heteroatoms. The van der Waals surface area contributed by atoms with E-state index in [2.05, 4.69) is 56.4 Å². The first-order valence-corrected chi connectivity index (χ1v) is 14.0. The maximum Gasteiger partial charge on any atom is 0.404 e. The third kappa shape index (κ3) is 6.24. The molecule has 0 bridgehead atoms. The van der Waals surface area contributed by atoms with E-state index in [0.717, 1.165) is 61.6 Å². The van der Waals surface area contributed by atoms with Crippen molar-refractivity contribution in [2.45, 2.75) is 95.4 Å². The molecule has 3 aromatic rings. The Morgan fingerprint density at radius 1 is 1.10 bits per heavy atom. The first kappa shape index (κ1) is 27.1. The molecule has 3 atom stereocenters. The van der Waals surface area contributed by atoms with Crippen LogP contribution in [0.1, 0.15) is 112 Å². The third-order valence-corrected chi connectivity index (χ3v) is 8.04. The van der Waals surface area contributed by atoms with Crippen LogP contribution in [0.2, 0.25) is 0 Å². The first-order chi connectivity index (χ1) is 18.8. The van der Waals surface area contributed by atoms with E-state index in [9.17, 15) is 4.79 Å². The van der Waals surface area contributed by atoms with Gasteiger partial charge in [-0.05, 0) is 69.1 Å². The van der Waals surface area contributed by atoms with Crippen molar-refractivity contribution in [3.8, 4) is 5.75 Å². The highest BCUT2D eigenvalue weighted by atomic mass is 16.5. The highest BCUT2D eigenvalue weighted by molar-refractivity contribution is 5.64. The second kappa shape index (κ2) is 11.7. The van der Waals surface area contributed by atoms with Crippen LogP contribution in [0.15, 0.2) is 30.5 Å². The third-order valence-electron chi connectivity index (χ3n) is 8.04. The zero-order chi connectivity index (χ0) is 27.5. The minimum absolute atomic E-state index is 0.143. The van der Waals surface area contributed by atoms with Gasteiger partial charge in [-0.3, -0.25) is 0 Å². The Morgan fingerprint density at radius 3 is 2.59 bits per heavy atom. The standard InChI is InChI=1S/C28H39N7O4/c1-17(2)20-6-5-7-23(14-20)39-18(3)26-31-32-27(34(26)4)19-8-11-22(12-9-19)35-15-24(30-33-35)25-13-10-21(16-38-25)29-28(36)37/h5-7,14-15,17-19,21-22,25,29H,8-13,16H2,1-4H3,(H,36,37)/t18?,19?,21-,22?,25+/m1/s1. The quantitative estimate of drug-likeness (QED) is 0.408. The predicted molar refractivity (Wildman–Crippen MR) is 144 cm³/mol. The number of nitrogens with one attached hydrogen (secondary N) is 1. The fraction of sp³-hybridized carbons (Fsp3) is 0.607. The second-order valence-electron chi connectivity index (χ2n) is 11.1. The van der Waals surface area contributed by atoms with Crippen LogP contribution in [0, 0.1) is 0 Å². The van der Waals surface area contributed by atoms with Crippen LogP contribution in [-0.4, -0.2) is 53.6 Å². The zero-order valence-corrected chi connectivity index (χ0v) is 23.2. The van der Waals surface area contributed by atoms with E-state index in [1.54, 1.807) is 0 Å². The van der Waals surface area contributed by atoms with Gasteiger partial charge in [0.2, 0.25) is 0 Å². The highest BCUT2D eigenvalue weighted by Gasteiger charge is 2.31. The van der Waals surface area contributed by atoms with Crippen molar-refractivity contribution in [1.82, 2.24) is 35.1 Å². The second-order valence-corrected chi connectivity index (χ2v) is 11.1. The SMILES string of the molecule is CC(C)c1cccc(OC(C)c2nnc(C3CCC(n4cc([C@@H]5CC[C@@H](NC(=O)O)CO5)nn4)CC3)n2C)c1. The smallest absolute Gasteiger partial charge is 0.404 e. The summed E-state index contributed by atoms with van der Waals surface area (Å²) in [6, 6.07) is 8.37. The Balaban J connectivity index is 1.15. The fourth-order valence-corrected chi connectivity index (χ4v) is 5.76. The van der Waals surface area contributed by atoms with Crippen LogP contribution in [-0.2, 0) is 11.8 Å². The van der Waals surface area contributed by atoms with Gasteiger partial charge >= 0.3 is 6.09 Å². The van der Waals surface area contributed by atoms with E-state index in [-0.39, 0.29) is 24.3 Å². The largest absolute Gasteiger partial charge is 0.483 e. The van der Waals surface area contributed by atoms with Gasteiger partial charge in [-0.15, -0.1) is 15.3 Å². The Morgan fingerprint density at radius 2 is 1.90 bits per heavy atom. The average molecular weight is 538 g/mol. The Bertz CT molecular complexity index is 1260. The van der Waals surface area contributed by atoms with Gasteiger partial charge in [0, 0.05) is 13.0 Å². The normalized spacial score (nSPS) is 24.4. The van der Waals surface area contributed by atoms with Crippen molar-refractivity contribution in [2.24, 2.45) is 7.05 Å². The molecular formula is C28H39N7O4. The maximum absolute atomic E-state index is 10.9. The summed E-state index contributed by atoms with van der Waals surface area (Å²) in [6.45, 7) is 6.73. The molecule has 2 aromatic heterocycles. The van der Waals surface area contributed by atoms with E-state index in [4.69, 9.17) is 14.6 Å². The van der Waals surface area contributed by atoms with E-state index in [1.807, 2.05) is 37.0 Å². The Kier molecular flexibility index (Phi) is 8.15. The first-order valence-electron chi connectivity index (χ1n) is 14.0. The van der Waals surface area contributed by atoms with E-state index >= 15 is 0 Å². The maximum atomic E-state index is 10.9. The topological polar surface area (TPSA) is 129 Å². The molecule has 1 aromatic carbocycles. The number of hydrogen-bond acceptors (Lipinski definition) is 7. The minimum atomic E-state index is -1.02. The Labute approximate surface area is 228 Å². The van der Waals surface area contributed by atoms with E-state index in [1.165, 1.54) is 5.56 Å². The van der Waals surface area contributed by atoms with Gasteiger partial charge in [-0.2, -0.15) is 0 Å². The summed E-state index contributed by atoms with van der Waals surface area (Å²) in [7, 11) is 2.03. The molecule has 11 nitrogen and oxygen atoms in total. The van der Waals surface area contributed by atoms with E-state index in [0.29, 0.717) is 18.4 Å². The molecule has 0 radical (unpaired) electrons. The molecule has 2 fully saturated rings. The average Bonchev–Trinajstić information content (AvgIpc) is 3.56. The molecule has 5 rings (SSSR count). The van der Waals surface area contributed by atoms with Crippen molar-refractivity contribution < 1.29 is 19.4 Å². The molecule has 1 aliphatic carbocycles. The van der Waals surface area contributed by atoms with Crippen LogP contribution >= 0.6 is 0 Å². The summed E-state index contributed by atoms with van der Waals surface area (Å²) in [6.07, 6.45) is 6.04. The number of amides is 1. The summed E-state index contributed by atoms with van der Waals surface area (Å²) in [5, 5.41) is 29.3. The summed E-state index contributed by atoms with van der Waals surface area (Å²) < 4.78 is 16.2. The monoisotopic (exact) mass is 537 g/mol. The van der Waals surface area contributed by atoms with Crippen LogP contribution in [0.3, 0.4) is 0 Å². The van der Waals surface area contributed by atoms with Crippen LogP contribution in [0.4, 0.5) is 4.79 Å². The fourth-order valence-electron chi connectivity index (χ4n) is 5.76.